The van der Waals surface area contributed by atoms with E-state index in [-0.39, 0.29) is 17.6 Å². The molecule has 3 aromatic rings. The van der Waals surface area contributed by atoms with Gasteiger partial charge in [0.05, 0.1) is 6.26 Å². The fourth-order valence-electron chi connectivity index (χ4n) is 4.03. The SMILES string of the molecule is CN(CCCc1ccccc1)C(=O)C1Cc2ccccc2CN1C(=O)c1ccco1. The topological polar surface area (TPSA) is 53.8 Å². The summed E-state index contributed by atoms with van der Waals surface area (Å²) in [4.78, 5) is 29.8. The molecule has 0 N–H and O–H groups in total. The van der Waals surface area contributed by atoms with E-state index >= 15 is 0 Å². The summed E-state index contributed by atoms with van der Waals surface area (Å²) < 4.78 is 5.32. The zero-order valence-corrected chi connectivity index (χ0v) is 17.2. The van der Waals surface area contributed by atoms with Gasteiger partial charge in [0, 0.05) is 26.6 Å². The van der Waals surface area contributed by atoms with Crippen LogP contribution in [0.15, 0.2) is 77.4 Å². The van der Waals surface area contributed by atoms with Gasteiger partial charge in [0.25, 0.3) is 5.91 Å². The lowest BCUT2D eigenvalue weighted by Crippen LogP contribution is -2.53. The molecular formula is C25H26N2O3. The van der Waals surface area contributed by atoms with Crippen molar-refractivity contribution in [1.82, 2.24) is 9.80 Å². The molecule has 0 saturated carbocycles. The fraction of sp³-hybridized carbons (Fsp3) is 0.280. The van der Waals surface area contributed by atoms with Gasteiger partial charge in [-0.1, -0.05) is 54.6 Å². The maximum absolute atomic E-state index is 13.3. The molecule has 2 amide bonds. The summed E-state index contributed by atoms with van der Waals surface area (Å²) >= 11 is 0. The van der Waals surface area contributed by atoms with Gasteiger partial charge in [-0.25, -0.2) is 0 Å². The summed E-state index contributed by atoms with van der Waals surface area (Å²) in [6.07, 6.45) is 3.80. The Balaban J connectivity index is 1.48. The Kier molecular flexibility index (Phi) is 5.98. The molecule has 2 aromatic carbocycles. The van der Waals surface area contributed by atoms with E-state index < -0.39 is 6.04 Å². The lowest BCUT2D eigenvalue weighted by atomic mass is 9.93. The molecule has 30 heavy (non-hydrogen) atoms. The van der Waals surface area contributed by atoms with E-state index in [0.29, 0.717) is 19.5 Å². The number of hydrogen-bond donors (Lipinski definition) is 0. The van der Waals surface area contributed by atoms with Gasteiger partial charge in [0.15, 0.2) is 5.76 Å². The van der Waals surface area contributed by atoms with Crippen molar-refractivity contribution < 1.29 is 14.0 Å². The molecule has 1 aromatic heterocycles. The maximum atomic E-state index is 13.3. The largest absolute Gasteiger partial charge is 0.459 e. The number of likely N-dealkylation sites (N-methyl/N-ethyl adjacent to an activating group) is 1. The highest BCUT2D eigenvalue weighted by Gasteiger charge is 2.37. The summed E-state index contributed by atoms with van der Waals surface area (Å²) in [6.45, 7) is 1.05. The van der Waals surface area contributed by atoms with E-state index in [9.17, 15) is 9.59 Å². The van der Waals surface area contributed by atoms with Crippen LogP contribution in [0.4, 0.5) is 0 Å². The monoisotopic (exact) mass is 402 g/mol. The second-order valence-corrected chi connectivity index (χ2v) is 7.75. The van der Waals surface area contributed by atoms with Gasteiger partial charge in [-0.2, -0.15) is 0 Å². The number of nitrogens with zero attached hydrogens (tertiary/aromatic N) is 2. The normalized spacial score (nSPS) is 15.5. The van der Waals surface area contributed by atoms with Gasteiger partial charge in [-0.15, -0.1) is 0 Å². The molecule has 0 aliphatic carbocycles. The molecule has 1 atom stereocenters. The van der Waals surface area contributed by atoms with Gasteiger partial charge in [-0.3, -0.25) is 9.59 Å². The number of amides is 2. The molecular weight excluding hydrogens is 376 g/mol. The quantitative estimate of drug-likeness (QED) is 0.628. The highest BCUT2D eigenvalue weighted by atomic mass is 16.3. The number of rotatable bonds is 6. The van der Waals surface area contributed by atoms with E-state index in [1.54, 1.807) is 21.9 Å². The highest BCUT2D eigenvalue weighted by Crippen LogP contribution is 2.26. The van der Waals surface area contributed by atoms with Gasteiger partial charge in [0.1, 0.15) is 6.04 Å². The number of furan rings is 1. The second kappa shape index (κ2) is 8.99. The number of fused-ring (bicyclic) bond motifs is 1. The Bertz CT molecular complexity index is 998. The van der Waals surface area contributed by atoms with Crippen molar-refractivity contribution >= 4 is 11.8 Å². The minimum Gasteiger partial charge on any atom is -0.459 e. The molecule has 0 bridgehead atoms. The van der Waals surface area contributed by atoms with Crippen molar-refractivity contribution in [3.05, 3.63) is 95.4 Å². The molecule has 5 nitrogen and oxygen atoms in total. The minimum atomic E-state index is -0.528. The Labute approximate surface area is 176 Å². The molecule has 5 heteroatoms. The fourth-order valence-corrected chi connectivity index (χ4v) is 4.03. The average molecular weight is 402 g/mol. The van der Waals surface area contributed by atoms with Crippen molar-refractivity contribution in [3.63, 3.8) is 0 Å². The first-order chi connectivity index (χ1) is 14.6. The zero-order chi connectivity index (χ0) is 20.9. The highest BCUT2D eigenvalue weighted by molar-refractivity contribution is 5.96. The van der Waals surface area contributed by atoms with Gasteiger partial charge in [0.2, 0.25) is 5.91 Å². The first-order valence-corrected chi connectivity index (χ1v) is 10.3. The first-order valence-electron chi connectivity index (χ1n) is 10.3. The van der Waals surface area contributed by atoms with Crippen LogP contribution in [0.3, 0.4) is 0 Å². The first kappa shape index (κ1) is 20.0. The molecule has 0 radical (unpaired) electrons. The zero-order valence-electron chi connectivity index (χ0n) is 17.2. The summed E-state index contributed by atoms with van der Waals surface area (Å²) in [6, 6.07) is 21.1. The van der Waals surface area contributed by atoms with E-state index in [2.05, 4.69) is 12.1 Å². The third-order valence-corrected chi connectivity index (χ3v) is 5.70. The van der Waals surface area contributed by atoms with Gasteiger partial charge >= 0.3 is 0 Å². The van der Waals surface area contributed by atoms with E-state index in [1.807, 2.05) is 49.5 Å². The van der Waals surface area contributed by atoms with E-state index in [4.69, 9.17) is 4.42 Å². The Morgan fingerprint density at radius 2 is 1.73 bits per heavy atom. The molecule has 0 fully saturated rings. The van der Waals surface area contributed by atoms with Crippen molar-refractivity contribution in [3.8, 4) is 0 Å². The van der Waals surface area contributed by atoms with Crippen LogP contribution in [-0.2, 0) is 24.2 Å². The number of benzene rings is 2. The number of carbonyl (C=O) groups is 2. The molecule has 1 unspecified atom stereocenters. The van der Waals surface area contributed by atoms with Crippen LogP contribution in [0.1, 0.15) is 33.7 Å². The Morgan fingerprint density at radius 1 is 1.00 bits per heavy atom. The van der Waals surface area contributed by atoms with E-state index in [0.717, 1.165) is 24.0 Å². The molecule has 4 rings (SSSR count). The predicted molar refractivity (Wildman–Crippen MR) is 115 cm³/mol. The molecule has 2 heterocycles. The lowest BCUT2D eigenvalue weighted by molar-refractivity contribution is -0.135. The van der Waals surface area contributed by atoms with Gasteiger partial charge < -0.3 is 14.2 Å². The van der Waals surface area contributed by atoms with Crippen LogP contribution < -0.4 is 0 Å². The van der Waals surface area contributed by atoms with Crippen LogP contribution in [0.5, 0.6) is 0 Å². The summed E-state index contributed by atoms with van der Waals surface area (Å²) in [5.41, 5.74) is 3.46. The second-order valence-electron chi connectivity index (χ2n) is 7.75. The summed E-state index contributed by atoms with van der Waals surface area (Å²) in [5.74, 6) is -0.0121. The molecule has 154 valence electrons. The van der Waals surface area contributed by atoms with Crippen molar-refractivity contribution in [2.75, 3.05) is 13.6 Å². The van der Waals surface area contributed by atoms with Crippen molar-refractivity contribution in [2.24, 2.45) is 0 Å². The van der Waals surface area contributed by atoms with Crippen LogP contribution in [0, 0.1) is 0 Å². The Hall–Kier alpha value is -3.34. The predicted octanol–water partition coefficient (Wildman–Crippen LogP) is 3.94. The van der Waals surface area contributed by atoms with E-state index in [1.165, 1.54) is 11.8 Å². The maximum Gasteiger partial charge on any atom is 0.290 e. The third-order valence-electron chi connectivity index (χ3n) is 5.70. The summed E-state index contributed by atoms with van der Waals surface area (Å²) in [5, 5.41) is 0. The van der Waals surface area contributed by atoms with Crippen molar-refractivity contribution in [1.29, 1.82) is 0 Å². The Morgan fingerprint density at radius 3 is 2.47 bits per heavy atom. The standard InChI is InChI=1S/C25H26N2O3/c1-26(15-7-11-19-9-3-2-4-10-19)24(28)22-17-20-12-5-6-13-21(20)18-27(22)25(29)23-14-8-16-30-23/h2-6,8-10,12-14,16,22H,7,11,15,17-18H2,1H3. The minimum absolute atomic E-state index is 0.0301. The van der Waals surface area contributed by atoms with Crippen LogP contribution in [-0.4, -0.2) is 41.2 Å². The molecule has 0 saturated heterocycles. The molecule has 1 aliphatic rings. The molecule has 1 aliphatic heterocycles. The number of hydrogen-bond acceptors (Lipinski definition) is 3. The lowest BCUT2D eigenvalue weighted by Gasteiger charge is -2.37. The van der Waals surface area contributed by atoms with Gasteiger partial charge in [-0.05, 0) is 41.7 Å². The van der Waals surface area contributed by atoms with Crippen LogP contribution in [0.25, 0.3) is 0 Å². The third kappa shape index (κ3) is 4.30. The smallest absolute Gasteiger partial charge is 0.290 e. The number of carbonyl (C=O) groups excluding carboxylic acids is 2. The number of aryl methyl sites for hydroxylation is 1. The van der Waals surface area contributed by atoms with Crippen LogP contribution >= 0.6 is 0 Å². The summed E-state index contributed by atoms with van der Waals surface area (Å²) in [7, 11) is 1.82. The van der Waals surface area contributed by atoms with Crippen molar-refractivity contribution in [2.45, 2.75) is 31.8 Å². The van der Waals surface area contributed by atoms with Crippen LogP contribution in [0.2, 0.25) is 0 Å². The molecule has 0 spiro atoms. The average Bonchev–Trinajstić information content (AvgIpc) is 3.33.